The summed E-state index contributed by atoms with van der Waals surface area (Å²) in [5.74, 6) is -2.08. The van der Waals surface area contributed by atoms with Crippen molar-refractivity contribution in [2.24, 2.45) is 17.6 Å². The summed E-state index contributed by atoms with van der Waals surface area (Å²) in [6, 6.07) is 14.8. The Morgan fingerprint density at radius 2 is 1.48 bits per heavy atom. The minimum absolute atomic E-state index is 0.0146. The summed E-state index contributed by atoms with van der Waals surface area (Å²) in [6.45, 7) is 0.942. The molecule has 0 spiro atoms. The third-order valence-corrected chi connectivity index (χ3v) is 8.46. The number of hydrogen-bond acceptors (Lipinski definition) is 6. The topological polar surface area (TPSA) is 133 Å². The van der Waals surface area contributed by atoms with E-state index in [2.05, 4.69) is 5.32 Å². The maximum absolute atomic E-state index is 13.9. The van der Waals surface area contributed by atoms with Gasteiger partial charge in [0, 0.05) is 19.5 Å². The lowest BCUT2D eigenvalue weighted by atomic mass is 9.97. The number of amides is 3. The van der Waals surface area contributed by atoms with E-state index in [1.54, 1.807) is 21.9 Å². The number of benzene rings is 3. The van der Waals surface area contributed by atoms with Gasteiger partial charge in [0.1, 0.15) is 11.6 Å². The number of fused-ring (bicyclic) bond motifs is 1. The van der Waals surface area contributed by atoms with Crippen LogP contribution in [0.2, 0.25) is 0 Å². The van der Waals surface area contributed by atoms with Crippen LogP contribution >= 0.6 is 0 Å². The van der Waals surface area contributed by atoms with E-state index >= 15 is 0 Å². The number of carbonyl (C=O) groups excluding carboxylic acids is 4. The van der Waals surface area contributed by atoms with Crippen LogP contribution in [0.1, 0.15) is 47.2 Å². The summed E-state index contributed by atoms with van der Waals surface area (Å²) in [7, 11) is 0. The average Bonchev–Trinajstić information content (AvgIpc) is 3.94. The minimum Gasteiger partial charge on any atom is -0.507 e. The van der Waals surface area contributed by atoms with Crippen molar-refractivity contribution in [1.82, 2.24) is 5.32 Å². The van der Waals surface area contributed by atoms with Crippen molar-refractivity contribution in [1.29, 1.82) is 0 Å². The standard InChI is InChI=1S/C34H35FN4O5/c35-24-5-3-4-22(14-24)17-30(41)25-15-23(12-13-29(25)40)16-26(36)32(42)37-31-33(43)38(18-20-8-9-20)27-6-1-2-7-28(27)39(34(31)44)19-21-10-11-21/h1-7,12-15,20-21,26,31,40H,8-11,16-19,36H2,(H,37,42)/t26-/m0/s1. The number of halogens is 1. The number of aromatic hydroxyl groups is 1. The molecule has 10 heteroatoms. The second-order valence-electron chi connectivity index (χ2n) is 12.1. The first-order valence-corrected chi connectivity index (χ1v) is 15.0. The molecule has 0 bridgehead atoms. The highest BCUT2D eigenvalue weighted by Gasteiger charge is 2.44. The maximum atomic E-state index is 13.9. The van der Waals surface area contributed by atoms with Gasteiger partial charge in [0.05, 0.1) is 23.0 Å². The zero-order chi connectivity index (χ0) is 31.0. The first kappa shape index (κ1) is 29.5. The Kier molecular flexibility index (Phi) is 8.18. The molecule has 3 aliphatic rings. The number of carbonyl (C=O) groups is 4. The third-order valence-electron chi connectivity index (χ3n) is 8.46. The van der Waals surface area contributed by atoms with Gasteiger partial charge in [-0.2, -0.15) is 0 Å². The molecule has 0 aromatic heterocycles. The first-order chi connectivity index (χ1) is 21.2. The molecule has 2 fully saturated rings. The summed E-state index contributed by atoms with van der Waals surface area (Å²) in [5.41, 5.74) is 8.61. The van der Waals surface area contributed by atoms with Crippen LogP contribution < -0.4 is 20.9 Å². The van der Waals surface area contributed by atoms with Gasteiger partial charge in [0.15, 0.2) is 11.8 Å². The van der Waals surface area contributed by atoms with Gasteiger partial charge in [-0.25, -0.2) is 4.39 Å². The van der Waals surface area contributed by atoms with E-state index in [9.17, 15) is 28.7 Å². The molecular formula is C34H35FN4O5. The van der Waals surface area contributed by atoms with E-state index in [1.165, 1.54) is 30.3 Å². The fourth-order valence-electron chi connectivity index (χ4n) is 5.65. The normalized spacial score (nSPS) is 17.7. The maximum Gasteiger partial charge on any atom is 0.259 e. The number of anilines is 2. The van der Waals surface area contributed by atoms with Gasteiger partial charge in [0.25, 0.3) is 11.8 Å². The number of phenolic OH excluding ortho intramolecular Hbond substituents is 1. The van der Waals surface area contributed by atoms with E-state index in [4.69, 9.17) is 5.73 Å². The number of Topliss-reactive ketones (excluding diaryl/α,β-unsaturated/α-hetero) is 1. The monoisotopic (exact) mass is 598 g/mol. The van der Waals surface area contributed by atoms with E-state index in [0.29, 0.717) is 47.4 Å². The van der Waals surface area contributed by atoms with Crippen molar-refractivity contribution in [3.8, 4) is 5.75 Å². The number of nitrogens with zero attached hydrogens (tertiary/aromatic N) is 2. The van der Waals surface area contributed by atoms with Gasteiger partial charge in [0.2, 0.25) is 5.91 Å². The van der Waals surface area contributed by atoms with Gasteiger partial charge >= 0.3 is 0 Å². The molecule has 44 heavy (non-hydrogen) atoms. The van der Waals surface area contributed by atoms with Crippen LogP contribution in [0.3, 0.4) is 0 Å². The number of para-hydroxylation sites is 2. The van der Waals surface area contributed by atoms with Gasteiger partial charge in [-0.05, 0) is 91.5 Å². The van der Waals surface area contributed by atoms with Crippen LogP contribution in [0.5, 0.6) is 5.75 Å². The zero-order valence-corrected chi connectivity index (χ0v) is 24.2. The molecule has 228 valence electrons. The number of rotatable bonds is 11. The van der Waals surface area contributed by atoms with Crippen molar-refractivity contribution in [3.05, 3.63) is 89.2 Å². The largest absolute Gasteiger partial charge is 0.507 e. The number of nitrogens with two attached hydrogens (primary N) is 1. The van der Waals surface area contributed by atoms with Crippen molar-refractivity contribution >= 4 is 34.9 Å². The van der Waals surface area contributed by atoms with E-state index in [1.807, 2.05) is 24.3 Å². The predicted octanol–water partition coefficient (Wildman–Crippen LogP) is 3.51. The Hall–Kier alpha value is -4.57. The van der Waals surface area contributed by atoms with Gasteiger partial charge in [-0.1, -0.05) is 30.3 Å². The molecule has 2 aliphatic carbocycles. The highest BCUT2D eigenvalue weighted by Crippen LogP contribution is 2.40. The van der Waals surface area contributed by atoms with Crippen LogP contribution in [0.4, 0.5) is 15.8 Å². The van der Waals surface area contributed by atoms with Gasteiger partial charge in [-0.3, -0.25) is 19.2 Å². The molecule has 0 saturated heterocycles. The molecule has 4 N–H and O–H groups in total. The van der Waals surface area contributed by atoms with E-state index < -0.39 is 41.4 Å². The highest BCUT2D eigenvalue weighted by molar-refractivity contribution is 6.21. The van der Waals surface area contributed by atoms with Crippen LogP contribution in [0, 0.1) is 17.7 Å². The first-order valence-electron chi connectivity index (χ1n) is 15.0. The number of ketones is 1. The Bertz CT molecular complexity index is 1570. The molecule has 1 aliphatic heterocycles. The lowest BCUT2D eigenvalue weighted by Crippen LogP contribution is -2.58. The molecule has 3 aromatic rings. The number of phenols is 1. The summed E-state index contributed by atoms with van der Waals surface area (Å²) in [4.78, 5) is 57.4. The molecule has 2 saturated carbocycles. The summed E-state index contributed by atoms with van der Waals surface area (Å²) in [6.07, 6.45) is 3.89. The Morgan fingerprint density at radius 3 is 2.05 bits per heavy atom. The Labute approximate surface area is 254 Å². The number of hydrogen-bond donors (Lipinski definition) is 3. The minimum atomic E-state index is -1.43. The molecule has 1 heterocycles. The van der Waals surface area contributed by atoms with Crippen molar-refractivity contribution in [2.45, 2.75) is 50.6 Å². The second kappa shape index (κ2) is 12.2. The van der Waals surface area contributed by atoms with Crippen LogP contribution in [0.25, 0.3) is 0 Å². The smallest absolute Gasteiger partial charge is 0.259 e. The van der Waals surface area contributed by atoms with Gasteiger partial charge in [-0.15, -0.1) is 0 Å². The van der Waals surface area contributed by atoms with Crippen LogP contribution in [-0.2, 0) is 27.2 Å². The lowest BCUT2D eigenvalue weighted by Gasteiger charge is -2.25. The van der Waals surface area contributed by atoms with Crippen LogP contribution in [0.15, 0.2) is 66.7 Å². The third kappa shape index (κ3) is 6.50. The Morgan fingerprint density at radius 1 is 0.864 bits per heavy atom. The fourth-order valence-corrected chi connectivity index (χ4v) is 5.65. The fraction of sp³-hybridized carbons (Fsp3) is 0.353. The highest BCUT2D eigenvalue weighted by atomic mass is 19.1. The van der Waals surface area contributed by atoms with Crippen molar-refractivity contribution in [3.63, 3.8) is 0 Å². The molecule has 6 rings (SSSR count). The second-order valence-corrected chi connectivity index (χ2v) is 12.1. The van der Waals surface area contributed by atoms with Gasteiger partial charge < -0.3 is 26.0 Å². The lowest BCUT2D eigenvalue weighted by molar-refractivity contribution is -0.134. The molecule has 9 nitrogen and oxygen atoms in total. The van der Waals surface area contributed by atoms with Crippen LogP contribution in [-0.4, -0.2) is 53.8 Å². The summed E-state index contributed by atoms with van der Waals surface area (Å²) in [5, 5.41) is 13.0. The molecule has 1 atom stereocenters. The molecular weight excluding hydrogens is 563 g/mol. The predicted molar refractivity (Wildman–Crippen MR) is 163 cm³/mol. The quantitative estimate of drug-likeness (QED) is 0.229. The average molecular weight is 599 g/mol. The van der Waals surface area contributed by atoms with Crippen molar-refractivity contribution in [2.75, 3.05) is 22.9 Å². The summed E-state index contributed by atoms with van der Waals surface area (Å²) < 4.78 is 13.6. The van der Waals surface area contributed by atoms with E-state index in [-0.39, 0.29) is 24.2 Å². The van der Waals surface area contributed by atoms with Crippen molar-refractivity contribution < 1.29 is 28.7 Å². The molecule has 3 aromatic carbocycles. The van der Waals surface area contributed by atoms with E-state index in [0.717, 1.165) is 25.7 Å². The zero-order valence-electron chi connectivity index (χ0n) is 24.2. The number of nitrogens with one attached hydrogen (secondary N) is 1. The summed E-state index contributed by atoms with van der Waals surface area (Å²) >= 11 is 0. The Balaban J connectivity index is 1.19. The molecule has 0 radical (unpaired) electrons. The molecule has 3 amide bonds. The molecule has 0 unspecified atom stereocenters. The SMILES string of the molecule is N[C@@H](Cc1ccc(O)c(C(=O)Cc2cccc(F)c2)c1)C(=O)NC1C(=O)N(CC2CC2)c2ccccc2N(CC2CC2)C1=O.